The van der Waals surface area contributed by atoms with E-state index in [1.807, 2.05) is 0 Å². The topological polar surface area (TPSA) is 91.6 Å². The van der Waals surface area contributed by atoms with Crippen LogP contribution in [-0.2, 0) is 10.2 Å². The first-order valence-electron chi connectivity index (χ1n) is 5.38. The van der Waals surface area contributed by atoms with E-state index in [0.29, 0.717) is 5.76 Å². The summed E-state index contributed by atoms with van der Waals surface area (Å²) in [5.74, 6) is 0.480. The third-order valence-corrected chi connectivity index (χ3v) is 3.37. The second-order valence-corrected chi connectivity index (χ2v) is 5.45. The summed E-state index contributed by atoms with van der Waals surface area (Å²) in [4.78, 5) is 0. The lowest BCUT2D eigenvalue weighted by Gasteiger charge is -2.17. The van der Waals surface area contributed by atoms with Gasteiger partial charge in [0.05, 0.1) is 12.3 Å². The number of nitrogens with one attached hydrogen (secondary N) is 2. The Kier molecular flexibility index (Phi) is 5.13. The predicted molar refractivity (Wildman–Crippen MR) is 63.5 cm³/mol. The quantitative estimate of drug-likeness (QED) is 0.668. The van der Waals surface area contributed by atoms with Crippen molar-refractivity contribution in [1.29, 1.82) is 0 Å². The fourth-order valence-electron chi connectivity index (χ4n) is 1.41. The molecule has 1 atom stereocenters. The molecule has 0 aliphatic heterocycles. The molecule has 0 spiro atoms. The van der Waals surface area contributed by atoms with E-state index in [2.05, 4.69) is 9.44 Å². The average molecular weight is 262 g/mol. The van der Waals surface area contributed by atoms with Crippen LogP contribution in [0.15, 0.2) is 22.8 Å². The zero-order valence-corrected chi connectivity index (χ0v) is 10.7. The van der Waals surface area contributed by atoms with Crippen molar-refractivity contribution in [1.82, 2.24) is 9.44 Å². The maximum absolute atomic E-state index is 11.7. The fourth-order valence-corrected chi connectivity index (χ4v) is 2.71. The fraction of sp³-hybridized carbons (Fsp3) is 0.600. The highest BCUT2D eigenvalue weighted by Gasteiger charge is 2.21. The molecule has 6 nitrogen and oxygen atoms in total. The van der Waals surface area contributed by atoms with Crippen molar-refractivity contribution in [2.24, 2.45) is 0 Å². The van der Waals surface area contributed by atoms with E-state index in [-0.39, 0.29) is 19.1 Å². The van der Waals surface area contributed by atoms with Crippen LogP contribution in [0.4, 0.5) is 0 Å². The average Bonchev–Trinajstić information content (AvgIpc) is 2.66. The van der Waals surface area contributed by atoms with Crippen molar-refractivity contribution in [2.75, 3.05) is 6.61 Å². The van der Waals surface area contributed by atoms with Crippen molar-refractivity contribution in [3.05, 3.63) is 24.2 Å². The molecule has 0 aliphatic carbocycles. The molecule has 1 heterocycles. The van der Waals surface area contributed by atoms with Crippen LogP contribution in [0.25, 0.3) is 0 Å². The van der Waals surface area contributed by atoms with Crippen molar-refractivity contribution in [3.8, 4) is 0 Å². The highest BCUT2D eigenvalue weighted by atomic mass is 32.2. The molecule has 0 aliphatic rings. The van der Waals surface area contributed by atoms with Gasteiger partial charge in [-0.05, 0) is 32.4 Å². The first kappa shape index (κ1) is 14.2. The van der Waals surface area contributed by atoms with Crippen LogP contribution in [0.1, 0.15) is 32.1 Å². The molecule has 17 heavy (non-hydrogen) atoms. The molecule has 1 aromatic heterocycles. The second kappa shape index (κ2) is 6.15. The number of hydrogen-bond acceptors (Lipinski definition) is 4. The number of aliphatic hydroxyl groups excluding tert-OH is 1. The minimum absolute atomic E-state index is 0.129. The Morgan fingerprint density at radius 1 is 1.41 bits per heavy atom. The van der Waals surface area contributed by atoms with Gasteiger partial charge in [-0.3, -0.25) is 0 Å². The van der Waals surface area contributed by atoms with Gasteiger partial charge in [-0.25, -0.2) is 0 Å². The summed E-state index contributed by atoms with van der Waals surface area (Å²) in [6.07, 6.45) is 1.72. The van der Waals surface area contributed by atoms with E-state index >= 15 is 0 Å². The van der Waals surface area contributed by atoms with Crippen LogP contribution in [0.2, 0.25) is 0 Å². The molecule has 0 fully saturated rings. The Morgan fingerprint density at radius 3 is 2.59 bits per heavy atom. The SMILES string of the molecule is CC(C)NS(=O)(=O)NC(CCO)c1ccco1. The molecule has 1 rings (SSSR count). The van der Waals surface area contributed by atoms with E-state index < -0.39 is 16.3 Å². The largest absolute Gasteiger partial charge is 0.468 e. The van der Waals surface area contributed by atoms with Gasteiger partial charge in [-0.15, -0.1) is 0 Å². The summed E-state index contributed by atoms with van der Waals surface area (Å²) < 4.78 is 33.3. The van der Waals surface area contributed by atoms with E-state index in [1.165, 1.54) is 6.26 Å². The molecular formula is C10H18N2O4S. The van der Waals surface area contributed by atoms with Gasteiger partial charge < -0.3 is 9.52 Å². The number of furan rings is 1. The van der Waals surface area contributed by atoms with Crippen molar-refractivity contribution in [3.63, 3.8) is 0 Å². The molecule has 0 amide bonds. The van der Waals surface area contributed by atoms with Gasteiger partial charge in [0, 0.05) is 12.6 Å². The molecule has 3 N–H and O–H groups in total. The van der Waals surface area contributed by atoms with Gasteiger partial charge >= 0.3 is 0 Å². The van der Waals surface area contributed by atoms with Crippen LogP contribution < -0.4 is 9.44 Å². The van der Waals surface area contributed by atoms with Gasteiger partial charge in [-0.2, -0.15) is 17.9 Å². The molecular weight excluding hydrogens is 244 g/mol. The first-order valence-corrected chi connectivity index (χ1v) is 6.87. The van der Waals surface area contributed by atoms with E-state index in [9.17, 15) is 8.42 Å². The summed E-state index contributed by atoms with van der Waals surface area (Å²) >= 11 is 0. The minimum atomic E-state index is -3.60. The summed E-state index contributed by atoms with van der Waals surface area (Å²) in [6, 6.07) is 2.58. The monoisotopic (exact) mass is 262 g/mol. The number of rotatable bonds is 7. The third-order valence-electron chi connectivity index (χ3n) is 1.99. The normalized spacial score (nSPS) is 14.1. The Bertz CT molecular complexity index is 414. The molecule has 0 saturated carbocycles. The smallest absolute Gasteiger partial charge is 0.277 e. The maximum Gasteiger partial charge on any atom is 0.277 e. The standard InChI is InChI=1S/C10H18N2O4S/c1-8(2)11-17(14,15)12-9(5-6-13)10-4-3-7-16-10/h3-4,7-9,11-13H,5-6H2,1-2H3. The van der Waals surface area contributed by atoms with Crippen LogP contribution in [0, 0.1) is 0 Å². The molecule has 0 aromatic carbocycles. The van der Waals surface area contributed by atoms with Crippen molar-refractivity contribution in [2.45, 2.75) is 32.4 Å². The third kappa shape index (κ3) is 4.86. The zero-order valence-electron chi connectivity index (χ0n) is 9.88. The molecule has 0 saturated heterocycles. The van der Waals surface area contributed by atoms with E-state index in [0.717, 1.165) is 0 Å². The Morgan fingerprint density at radius 2 is 2.12 bits per heavy atom. The van der Waals surface area contributed by atoms with Crippen molar-refractivity contribution < 1.29 is 17.9 Å². The van der Waals surface area contributed by atoms with Gasteiger partial charge in [0.2, 0.25) is 0 Å². The molecule has 1 unspecified atom stereocenters. The van der Waals surface area contributed by atoms with Gasteiger partial charge in [0.25, 0.3) is 10.2 Å². The maximum atomic E-state index is 11.7. The predicted octanol–water partition coefficient (Wildman–Crippen LogP) is 0.535. The number of hydrogen-bond donors (Lipinski definition) is 3. The molecule has 0 bridgehead atoms. The Hall–Kier alpha value is -0.890. The number of aliphatic hydroxyl groups is 1. The van der Waals surface area contributed by atoms with E-state index in [1.54, 1.807) is 26.0 Å². The lowest BCUT2D eigenvalue weighted by Crippen LogP contribution is -2.42. The minimum Gasteiger partial charge on any atom is -0.468 e. The van der Waals surface area contributed by atoms with Gasteiger partial charge in [-0.1, -0.05) is 0 Å². The molecule has 98 valence electrons. The van der Waals surface area contributed by atoms with Gasteiger partial charge in [0.15, 0.2) is 0 Å². The van der Waals surface area contributed by atoms with Gasteiger partial charge in [0.1, 0.15) is 5.76 Å². The van der Waals surface area contributed by atoms with Crippen molar-refractivity contribution >= 4 is 10.2 Å². The second-order valence-electron chi connectivity index (χ2n) is 3.97. The molecule has 0 radical (unpaired) electrons. The lowest BCUT2D eigenvalue weighted by molar-refractivity contribution is 0.263. The van der Waals surface area contributed by atoms with Crippen LogP contribution in [-0.4, -0.2) is 26.2 Å². The Labute approximate surface area is 101 Å². The van der Waals surface area contributed by atoms with Crippen LogP contribution >= 0.6 is 0 Å². The zero-order chi connectivity index (χ0) is 12.9. The van der Waals surface area contributed by atoms with Crippen LogP contribution in [0.5, 0.6) is 0 Å². The summed E-state index contributed by atoms with van der Waals surface area (Å²) in [6.45, 7) is 3.33. The summed E-state index contributed by atoms with van der Waals surface area (Å²) in [5.41, 5.74) is 0. The Balaban J connectivity index is 2.74. The lowest BCUT2D eigenvalue weighted by atomic mass is 10.2. The summed E-state index contributed by atoms with van der Waals surface area (Å²) in [7, 11) is -3.60. The molecule has 1 aromatic rings. The highest BCUT2D eigenvalue weighted by molar-refractivity contribution is 7.87. The van der Waals surface area contributed by atoms with Crippen LogP contribution in [0.3, 0.4) is 0 Å². The summed E-state index contributed by atoms with van der Waals surface area (Å²) in [5, 5.41) is 8.92. The van der Waals surface area contributed by atoms with E-state index in [4.69, 9.17) is 9.52 Å². The highest BCUT2D eigenvalue weighted by Crippen LogP contribution is 2.17. The first-order chi connectivity index (χ1) is 7.94. The molecule has 7 heteroatoms.